The molecule has 3 rings (SSSR count). The second-order valence-corrected chi connectivity index (χ2v) is 4.48. The van der Waals surface area contributed by atoms with Gasteiger partial charge >= 0.3 is 0 Å². The fourth-order valence-electron chi connectivity index (χ4n) is 1.85. The van der Waals surface area contributed by atoms with Crippen LogP contribution in [-0.4, -0.2) is 33.4 Å². The summed E-state index contributed by atoms with van der Waals surface area (Å²) in [6.45, 7) is 0.582. The quantitative estimate of drug-likeness (QED) is 0.874. The van der Waals surface area contributed by atoms with Crippen molar-refractivity contribution < 1.29 is 9.13 Å². The van der Waals surface area contributed by atoms with Crippen molar-refractivity contribution in [3.8, 4) is 11.4 Å². The smallest absolute Gasteiger partial charge is 0.170 e. The maximum Gasteiger partial charge on any atom is 0.170 e. The summed E-state index contributed by atoms with van der Waals surface area (Å²) in [5.74, 6) is 0.725. The molecule has 1 N–H and O–H groups in total. The van der Waals surface area contributed by atoms with Crippen LogP contribution in [-0.2, 0) is 6.54 Å². The maximum atomic E-state index is 13.2. The lowest BCUT2D eigenvalue weighted by molar-refractivity contribution is 0.407. The van der Waals surface area contributed by atoms with Crippen molar-refractivity contribution in [1.29, 1.82) is 0 Å². The molecule has 100 valence electrons. The van der Waals surface area contributed by atoms with Crippen LogP contribution in [0.3, 0.4) is 0 Å². The third-order valence-corrected chi connectivity index (χ3v) is 3.03. The number of hydrogen-bond donors (Lipinski definition) is 1. The molecule has 0 amide bonds. The molecule has 1 aliphatic rings. The maximum absolute atomic E-state index is 13.2. The average molecular weight is 263 g/mol. The zero-order valence-corrected chi connectivity index (χ0v) is 10.5. The van der Waals surface area contributed by atoms with Gasteiger partial charge in [0.2, 0.25) is 0 Å². The molecule has 0 spiro atoms. The molecular formula is C12H14FN5O. The molecule has 0 atom stereocenters. The first kappa shape index (κ1) is 12.0. The SMILES string of the molecule is COc1cc(F)ccc1-n1nnnc1CNC1CC1. The van der Waals surface area contributed by atoms with E-state index in [9.17, 15) is 4.39 Å². The Morgan fingerprint density at radius 3 is 3.05 bits per heavy atom. The Bertz CT molecular complexity index is 581. The van der Waals surface area contributed by atoms with Crippen molar-refractivity contribution in [2.24, 2.45) is 0 Å². The number of aromatic nitrogens is 4. The topological polar surface area (TPSA) is 64.9 Å². The lowest BCUT2D eigenvalue weighted by Crippen LogP contribution is -2.19. The summed E-state index contributed by atoms with van der Waals surface area (Å²) in [4.78, 5) is 0. The Labute approximate surface area is 109 Å². The Morgan fingerprint density at radius 2 is 2.32 bits per heavy atom. The zero-order chi connectivity index (χ0) is 13.2. The molecule has 1 heterocycles. The summed E-state index contributed by atoms with van der Waals surface area (Å²) >= 11 is 0. The first-order valence-electron chi connectivity index (χ1n) is 6.12. The fourth-order valence-corrected chi connectivity index (χ4v) is 1.85. The fraction of sp³-hybridized carbons (Fsp3) is 0.417. The molecule has 0 unspecified atom stereocenters. The van der Waals surface area contributed by atoms with Gasteiger partial charge in [0.15, 0.2) is 5.82 Å². The molecule has 0 bridgehead atoms. The predicted molar refractivity (Wildman–Crippen MR) is 65.5 cm³/mol. The summed E-state index contributed by atoms with van der Waals surface area (Å²) < 4.78 is 19.9. The summed E-state index contributed by atoms with van der Waals surface area (Å²) in [6, 6.07) is 4.85. The van der Waals surface area contributed by atoms with Gasteiger partial charge in [-0.1, -0.05) is 0 Å². The van der Waals surface area contributed by atoms with Gasteiger partial charge in [-0.2, -0.15) is 4.68 Å². The van der Waals surface area contributed by atoms with Gasteiger partial charge in [0.05, 0.1) is 13.7 Å². The Kier molecular flexibility index (Phi) is 3.12. The third kappa shape index (κ3) is 2.55. The minimum Gasteiger partial charge on any atom is -0.494 e. The highest BCUT2D eigenvalue weighted by Gasteiger charge is 2.22. The number of nitrogens with one attached hydrogen (secondary N) is 1. The van der Waals surface area contributed by atoms with Crippen LogP contribution in [0, 0.1) is 5.82 Å². The number of methoxy groups -OCH3 is 1. The summed E-state index contributed by atoms with van der Waals surface area (Å²) in [6.07, 6.45) is 2.39. The van der Waals surface area contributed by atoms with Crippen molar-refractivity contribution in [1.82, 2.24) is 25.5 Å². The average Bonchev–Trinajstić information content (AvgIpc) is 3.14. The molecule has 0 saturated heterocycles. The molecule has 6 nitrogen and oxygen atoms in total. The van der Waals surface area contributed by atoms with Crippen molar-refractivity contribution in [2.75, 3.05) is 7.11 Å². The standard InChI is InChI=1S/C12H14FN5O/c1-19-11-6-8(13)2-5-10(11)18-12(15-16-17-18)7-14-9-3-4-9/h2,5-6,9,14H,3-4,7H2,1H3. The normalized spacial score (nSPS) is 14.6. The summed E-state index contributed by atoms with van der Waals surface area (Å²) in [5.41, 5.74) is 0.626. The van der Waals surface area contributed by atoms with Crippen molar-refractivity contribution in [3.63, 3.8) is 0 Å². The van der Waals surface area contributed by atoms with Crippen molar-refractivity contribution in [2.45, 2.75) is 25.4 Å². The number of halogens is 1. The molecular weight excluding hydrogens is 249 g/mol. The van der Waals surface area contributed by atoms with E-state index < -0.39 is 0 Å². The minimum absolute atomic E-state index is 0.355. The molecule has 19 heavy (non-hydrogen) atoms. The van der Waals surface area contributed by atoms with E-state index in [1.165, 1.54) is 32.1 Å². The van der Waals surface area contributed by atoms with Crippen LogP contribution in [0.25, 0.3) is 5.69 Å². The molecule has 1 saturated carbocycles. The van der Waals surface area contributed by atoms with E-state index in [1.54, 1.807) is 10.7 Å². The number of hydrogen-bond acceptors (Lipinski definition) is 5. The minimum atomic E-state index is -0.355. The third-order valence-electron chi connectivity index (χ3n) is 3.03. The van der Waals surface area contributed by atoms with Gasteiger partial charge < -0.3 is 10.1 Å². The Morgan fingerprint density at radius 1 is 1.47 bits per heavy atom. The lowest BCUT2D eigenvalue weighted by Gasteiger charge is -2.09. The zero-order valence-electron chi connectivity index (χ0n) is 10.5. The first-order chi connectivity index (χ1) is 9.28. The molecule has 1 aromatic heterocycles. The van der Waals surface area contributed by atoms with Crippen LogP contribution in [0.2, 0.25) is 0 Å². The molecule has 2 aromatic rings. The van der Waals surface area contributed by atoms with Gasteiger partial charge in [0.25, 0.3) is 0 Å². The van der Waals surface area contributed by atoms with Crippen LogP contribution in [0.1, 0.15) is 18.7 Å². The summed E-state index contributed by atoms with van der Waals surface area (Å²) in [7, 11) is 1.49. The van der Waals surface area contributed by atoms with E-state index >= 15 is 0 Å². The van der Waals surface area contributed by atoms with Gasteiger partial charge in [0.1, 0.15) is 17.3 Å². The second kappa shape index (κ2) is 4.93. The second-order valence-electron chi connectivity index (χ2n) is 4.48. The van der Waals surface area contributed by atoms with E-state index in [1.807, 2.05) is 0 Å². The molecule has 0 radical (unpaired) electrons. The van der Waals surface area contributed by atoms with Crippen LogP contribution < -0.4 is 10.1 Å². The molecule has 1 aromatic carbocycles. The monoisotopic (exact) mass is 263 g/mol. The van der Waals surface area contributed by atoms with E-state index in [-0.39, 0.29) is 5.82 Å². The number of tetrazole rings is 1. The Hall–Kier alpha value is -2.02. The van der Waals surface area contributed by atoms with Gasteiger partial charge in [-0.15, -0.1) is 5.10 Å². The molecule has 1 fully saturated rings. The first-order valence-corrected chi connectivity index (χ1v) is 6.12. The van der Waals surface area contributed by atoms with E-state index in [0.29, 0.717) is 29.8 Å². The molecule has 0 aliphatic heterocycles. The summed E-state index contributed by atoms with van der Waals surface area (Å²) in [5, 5.41) is 14.9. The highest BCUT2D eigenvalue weighted by molar-refractivity contribution is 5.46. The van der Waals surface area contributed by atoms with Crippen LogP contribution in [0.15, 0.2) is 18.2 Å². The van der Waals surface area contributed by atoms with Crippen molar-refractivity contribution >= 4 is 0 Å². The Balaban J connectivity index is 1.90. The van der Waals surface area contributed by atoms with E-state index in [4.69, 9.17) is 4.74 Å². The van der Waals surface area contributed by atoms with E-state index in [0.717, 1.165) is 0 Å². The number of ether oxygens (including phenoxy) is 1. The number of nitrogens with zero attached hydrogens (tertiary/aromatic N) is 4. The van der Waals surface area contributed by atoms with Gasteiger partial charge in [-0.3, -0.25) is 0 Å². The van der Waals surface area contributed by atoms with Crippen LogP contribution in [0.4, 0.5) is 4.39 Å². The largest absolute Gasteiger partial charge is 0.494 e. The van der Waals surface area contributed by atoms with Gasteiger partial charge in [-0.05, 0) is 35.4 Å². The van der Waals surface area contributed by atoms with E-state index in [2.05, 4.69) is 20.8 Å². The molecule has 1 aliphatic carbocycles. The molecule has 7 heteroatoms. The predicted octanol–water partition coefficient (Wildman–Crippen LogP) is 1.06. The van der Waals surface area contributed by atoms with Crippen molar-refractivity contribution in [3.05, 3.63) is 29.8 Å². The van der Waals surface area contributed by atoms with Gasteiger partial charge in [-0.25, -0.2) is 4.39 Å². The number of rotatable bonds is 5. The highest BCUT2D eigenvalue weighted by Crippen LogP contribution is 2.24. The highest BCUT2D eigenvalue weighted by atomic mass is 19.1. The van der Waals surface area contributed by atoms with Crippen LogP contribution in [0.5, 0.6) is 5.75 Å². The lowest BCUT2D eigenvalue weighted by atomic mass is 10.3. The number of benzene rings is 1. The van der Waals surface area contributed by atoms with Crippen LogP contribution >= 0.6 is 0 Å². The van der Waals surface area contributed by atoms with Gasteiger partial charge in [0, 0.05) is 12.1 Å².